The van der Waals surface area contributed by atoms with E-state index in [1.807, 2.05) is 0 Å². The maximum absolute atomic E-state index is 5.72. The molecule has 2 fully saturated rings. The summed E-state index contributed by atoms with van der Waals surface area (Å²) in [4.78, 5) is 0. The van der Waals surface area contributed by atoms with Gasteiger partial charge in [-0.05, 0) is 31.6 Å². The van der Waals surface area contributed by atoms with Gasteiger partial charge in [0.05, 0.1) is 12.7 Å². The fraction of sp³-hybridized carbons (Fsp3) is 0.818. The van der Waals surface area contributed by atoms with Crippen LogP contribution in [0.25, 0.3) is 0 Å². The van der Waals surface area contributed by atoms with Crippen molar-refractivity contribution in [2.24, 2.45) is 17.8 Å². The topological polar surface area (TPSA) is 9.23 Å². The average Bonchev–Trinajstić information content (AvgIpc) is 2.03. The second kappa shape index (κ2) is 2.88. The van der Waals surface area contributed by atoms with E-state index in [0.717, 1.165) is 18.4 Å². The average molecular weight is 166 g/mol. The van der Waals surface area contributed by atoms with Crippen LogP contribution < -0.4 is 0 Å². The first-order valence-electron chi connectivity index (χ1n) is 4.97. The van der Waals surface area contributed by atoms with Crippen LogP contribution in [0.3, 0.4) is 0 Å². The van der Waals surface area contributed by atoms with Crippen LogP contribution in [0.15, 0.2) is 12.2 Å². The summed E-state index contributed by atoms with van der Waals surface area (Å²) in [5.74, 6) is 2.25. The Morgan fingerprint density at radius 2 is 2.17 bits per heavy atom. The SMILES string of the molecule is C=C1CC(C)C2COC(C)C1C2. The maximum atomic E-state index is 5.72. The number of ether oxygens (including phenoxy) is 1. The molecule has 1 aliphatic heterocycles. The molecule has 0 spiro atoms. The fourth-order valence-corrected chi connectivity index (χ4v) is 2.60. The maximum Gasteiger partial charge on any atom is 0.0612 e. The van der Waals surface area contributed by atoms with Gasteiger partial charge in [-0.3, -0.25) is 0 Å². The van der Waals surface area contributed by atoms with Crippen molar-refractivity contribution in [3.8, 4) is 0 Å². The lowest BCUT2D eigenvalue weighted by atomic mass is 9.69. The molecule has 12 heavy (non-hydrogen) atoms. The van der Waals surface area contributed by atoms with Gasteiger partial charge in [0.2, 0.25) is 0 Å². The Balaban J connectivity index is 2.14. The third kappa shape index (κ3) is 1.20. The molecule has 1 saturated carbocycles. The van der Waals surface area contributed by atoms with E-state index in [1.54, 1.807) is 0 Å². The van der Waals surface area contributed by atoms with Crippen LogP contribution >= 0.6 is 0 Å². The zero-order valence-electron chi connectivity index (χ0n) is 8.05. The standard InChI is InChI=1S/C11H18O/c1-7-4-8(2)11-5-10(7)6-12-9(11)3/h7,9-11H,2,4-6H2,1,3H3. The summed E-state index contributed by atoms with van der Waals surface area (Å²) < 4.78 is 5.72. The molecule has 0 aromatic carbocycles. The summed E-state index contributed by atoms with van der Waals surface area (Å²) in [5, 5.41) is 0. The quantitative estimate of drug-likeness (QED) is 0.503. The molecule has 1 nitrogen and oxygen atoms in total. The molecule has 1 heteroatoms. The Labute approximate surface area is 74.8 Å². The third-order valence-corrected chi connectivity index (χ3v) is 3.61. The second-order valence-electron chi connectivity index (χ2n) is 4.48. The molecule has 2 aliphatic rings. The van der Waals surface area contributed by atoms with Crippen molar-refractivity contribution in [3.05, 3.63) is 12.2 Å². The van der Waals surface area contributed by atoms with Crippen LogP contribution in [0.5, 0.6) is 0 Å². The van der Waals surface area contributed by atoms with Gasteiger partial charge in [-0.2, -0.15) is 0 Å². The molecule has 4 unspecified atom stereocenters. The van der Waals surface area contributed by atoms with Crippen molar-refractivity contribution in [3.63, 3.8) is 0 Å². The van der Waals surface area contributed by atoms with Gasteiger partial charge in [-0.15, -0.1) is 0 Å². The zero-order chi connectivity index (χ0) is 8.72. The van der Waals surface area contributed by atoms with Crippen molar-refractivity contribution in [2.45, 2.75) is 32.8 Å². The van der Waals surface area contributed by atoms with E-state index in [1.165, 1.54) is 18.4 Å². The highest BCUT2D eigenvalue weighted by atomic mass is 16.5. The monoisotopic (exact) mass is 166 g/mol. The molecular formula is C11H18O. The van der Waals surface area contributed by atoms with Gasteiger partial charge in [0.15, 0.2) is 0 Å². The third-order valence-electron chi connectivity index (χ3n) is 3.61. The first-order chi connectivity index (χ1) is 5.68. The largest absolute Gasteiger partial charge is 0.378 e. The lowest BCUT2D eigenvalue weighted by molar-refractivity contribution is -0.0626. The second-order valence-corrected chi connectivity index (χ2v) is 4.48. The van der Waals surface area contributed by atoms with E-state index < -0.39 is 0 Å². The van der Waals surface area contributed by atoms with Crippen molar-refractivity contribution < 1.29 is 4.74 Å². The normalized spacial score (nSPS) is 47.7. The lowest BCUT2D eigenvalue weighted by Gasteiger charge is -2.43. The first-order valence-corrected chi connectivity index (χ1v) is 4.97. The lowest BCUT2D eigenvalue weighted by Crippen LogP contribution is -2.40. The van der Waals surface area contributed by atoms with E-state index >= 15 is 0 Å². The molecule has 0 radical (unpaired) electrons. The van der Waals surface area contributed by atoms with Crippen LogP contribution in [0, 0.1) is 17.8 Å². The van der Waals surface area contributed by atoms with Crippen molar-refractivity contribution in [2.75, 3.05) is 6.61 Å². The van der Waals surface area contributed by atoms with E-state index in [-0.39, 0.29) is 0 Å². The van der Waals surface area contributed by atoms with Crippen LogP contribution in [-0.4, -0.2) is 12.7 Å². The summed E-state index contributed by atoms with van der Waals surface area (Å²) in [6.45, 7) is 9.64. The highest BCUT2D eigenvalue weighted by molar-refractivity contribution is 5.10. The van der Waals surface area contributed by atoms with Gasteiger partial charge in [-0.25, -0.2) is 0 Å². The predicted molar refractivity (Wildman–Crippen MR) is 49.9 cm³/mol. The Kier molecular flexibility index (Phi) is 1.99. The van der Waals surface area contributed by atoms with E-state index in [2.05, 4.69) is 20.4 Å². The van der Waals surface area contributed by atoms with Crippen LogP contribution in [0.1, 0.15) is 26.7 Å². The van der Waals surface area contributed by atoms with Gasteiger partial charge < -0.3 is 4.74 Å². The number of hydrogen-bond acceptors (Lipinski definition) is 1. The van der Waals surface area contributed by atoms with Gasteiger partial charge in [-0.1, -0.05) is 19.1 Å². The van der Waals surface area contributed by atoms with Gasteiger partial charge in [0, 0.05) is 5.92 Å². The van der Waals surface area contributed by atoms with Gasteiger partial charge >= 0.3 is 0 Å². The molecule has 0 aromatic heterocycles. The van der Waals surface area contributed by atoms with Gasteiger partial charge in [0.25, 0.3) is 0 Å². The van der Waals surface area contributed by atoms with Crippen molar-refractivity contribution >= 4 is 0 Å². The van der Waals surface area contributed by atoms with E-state index in [0.29, 0.717) is 12.0 Å². The molecule has 1 aliphatic carbocycles. The molecule has 0 aromatic rings. The van der Waals surface area contributed by atoms with E-state index in [4.69, 9.17) is 4.74 Å². The molecule has 68 valence electrons. The molecule has 1 saturated heterocycles. The Hall–Kier alpha value is -0.300. The summed E-state index contributed by atoms with van der Waals surface area (Å²) in [7, 11) is 0. The Morgan fingerprint density at radius 1 is 1.42 bits per heavy atom. The molecule has 2 bridgehead atoms. The Morgan fingerprint density at radius 3 is 2.92 bits per heavy atom. The van der Waals surface area contributed by atoms with Gasteiger partial charge in [0.1, 0.15) is 0 Å². The first kappa shape index (κ1) is 8.31. The van der Waals surface area contributed by atoms with Crippen molar-refractivity contribution in [1.82, 2.24) is 0 Å². The summed E-state index contributed by atoms with van der Waals surface area (Å²) in [6.07, 6.45) is 2.96. The minimum absolute atomic E-state index is 0.418. The highest BCUT2D eigenvalue weighted by Crippen LogP contribution is 2.42. The van der Waals surface area contributed by atoms with E-state index in [9.17, 15) is 0 Å². The van der Waals surface area contributed by atoms with Crippen LogP contribution in [0.2, 0.25) is 0 Å². The number of hydrogen-bond donors (Lipinski definition) is 0. The Bertz CT molecular complexity index is 197. The number of fused-ring (bicyclic) bond motifs is 2. The molecular weight excluding hydrogens is 148 g/mol. The molecule has 0 amide bonds. The summed E-state index contributed by atoms with van der Waals surface area (Å²) >= 11 is 0. The van der Waals surface area contributed by atoms with Crippen LogP contribution in [0.4, 0.5) is 0 Å². The molecule has 0 N–H and O–H groups in total. The minimum atomic E-state index is 0.418. The summed E-state index contributed by atoms with van der Waals surface area (Å²) in [6, 6.07) is 0. The van der Waals surface area contributed by atoms with Crippen LogP contribution in [-0.2, 0) is 4.74 Å². The predicted octanol–water partition coefficient (Wildman–Crippen LogP) is 2.62. The molecule has 4 atom stereocenters. The summed E-state index contributed by atoms with van der Waals surface area (Å²) in [5.41, 5.74) is 1.42. The molecule has 2 rings (SSSR count). The number of rotatable bonds is 0. The highest BCUT2D eigenvalue weighted by Gasteiger charge is 2.37. The minimum Gasteiger partial charge on any atom is -0.378 e. The molecule has 1 heterocycles. The van der Waals surface area contributed by atoms with Crippen molar-refractivity contribution in [1.29, 1.82) is 0 Å². The zero-order valence-corrected chi connectivity index (χ0v) is 8.05. The smallest absolute Gasteiger partial charge is 0.0612 e. The fourth-order valence-electron chi connectivity index (χ4n) is 2.60.